The molecule has 0 spiro atoms. The zero-order valence-electron chi connectivity index (χ0n) is 17.5. The first-order valence-electron chi connectivity index (χ1n) is 9.83. The van der Waals surface area contributed by atoms with Gasteiger partial charge in [-0.2, -0.15) is 0 Å². The van der Waals surface area contributed by atoms with E-state index in [-0.39, 0.29) is 5.91 Å². The van der Waals surface area contributed by atoms with Gasteiger partial charge in [-0.1, -0.05) is 38.5 Å². The number of aryl methyl sites for hydroxylation is 1. The van der Waals surface area contributed by atoms with Crippen molar-refractivity contribution >= 4 is 27.3 Å². The fourth-order valence-electron chi connectivity index (χ4n) is 3.17. The summed E-state index contributed by atoms with van der Waals surface area (Å²) in [7, 11) is -2.18. The molecule has 0 aliphatic carbocycles. The first-order valence-corrected chi connectivity index (χ1v) is 11.7. The molecule has 0 saturated heterocycles. The number of carbonyl (C=O) groups excluding carboxylic acids is 1. The summed E-state index contributed by atoms with van der Waals surface area (Å²) in [6.45, 7) is 3.94. The average Bonchev–Trinajstić information content (AvgIpc) is 2.70. The van der Waals surface area contributed by atoms with Crippen LogP contribution in [0.15, 0.2) is 48.5 Å². The van der Waals surface area contributed by atoms with Crippen LogP contribution in [0.2, 0.25) is 0 Å². The third-order valence-electron chi connectivity index (χ3n) is 4.68. The number of ether oxygens (including phenoxy) is 1. The van der Waals surface area contributed by atoms with E-state index in [1.54, 1.807) is 31.2 Å². The second-order valence-electron chi connectivity index (χ2n) is 6.97. The number of amides is 1. The van der Waals surface area contributed by atoms with Gasteiger partial charge in [0.2, 0.25) is 15.9 Å². The molecule has 1 amide bonds. The Morgan fingerprint density at radius 3 is 2.38 bits per heavy atom. The van der Waals surface area contributed by atoms with Gasteiger partial charge in [-0.05, 0) is 49.1 Å². The third kappa shape index (κ3) is 6.22. The quantitative estimate of drug-likeness (QED) is 0.627. The number of unbranched alkanes of at least 4 members (excludes halogenated alkanes) is 1. The van der Waals surface area contributed by atoms with Crippen LogP contribution in [-0.2, 0) is 21.2 Å². The van der Waals surface area contributed by atoms with Gasteiger partial charge >= 0.3 is 0 Å². The molecule has 0 aromatic heterocycles. The van der Waals surface area contributed by atoms with Gasteiger partial charge in [0.25, 0.3) is 0 Å². The molecule has 0 aliphatic rings. The number of rotatable bonds is 10. The van der Waals surface area contributed by atoms with Crippen molar-refractivity contribution in [3.05, 3.63) is 54.1 Å². The van der Waals surface area contributed by atoms with Crippen molar-refractivity contribution in [3.63, 3.8) is 0 Å². The summed E-state index contributed by atoms with van der Waals surface area (Å²) in [5, 5.41) is 2.85. The third-order valence-corrected chi connectivity index (χ3v) is 5.86. The smallest absolute Gasteiger partial charge is 0.248 e. The molecule has 1 atom stereocenters. The van der Waals surface area contributed by atoms with Crippen molar-refractivity contribution in [1.29, 1.82) is 0 Å². The lowest BCUT2D eigenvalue weighted by atomic mass is 10.1. The molecule has 1 unspecified atom stereocenters. The van der Waals surface area contributed by atoms with Gasteiger partial charge in [0.05, 0.1) is 19.1 Å². The summed E-state index contributed by atoms with van der Waals surface area (Å²) in [4.78, 5) is 13.0. The van der Waals surface area contributed by atoms with E-state index in [1.165, 1.54) is 12.7 Å². The van der Waals surface area contributed by atoms with Gasteiger partial charge in [-0.15, -0.1) is 0 Å². The second-order valence-corrected chi connectivity index (χ2v) is 8.83. The first-order chi connectivity index (χ1) is 13.8. The zero-order chi connectivity index (χ0) is 21.4. The Kier molecular flexibility index (Phi) is 8.08. The van der Waals surface area contributed by atoms with E-state index in [2.05, 4.69) is 12.2 Å². The van der Waals surface area contributed by atoms with Crippen LogP contribution in [0.25, 0.3) is 0 Å². The summed E-state index contributed by atoms with van der Waals surface area (Å²) < 4.78 is 31.4. The van der Waals surface area contributed by atoms with Crippen LogP contribution in [0.5, 0.6) is 5.75 Å². The fraction of sp³-hybridized carbons (Fsp3) is 0.409. The van der Waals surface area contributed by atoms with Crippen LogP contribution in [0.3, 0.4) is 0 Å². The van der Waals surface area contributed by atoms with Crippen molar-refractivity contribution in [2.75, 3.05) is 23.0 Å². The molecule has 0 fully saturated rings. The molecule has 0 radical (unpaired) electrons. The first kappa shape index (κ1) is 22.7. The van der Waals surface area contributed by atoms with Crippen molar-refractivity contribution < 1.29 is 17.9 Å². The van der Waals surface area contributed by atoms with E-state index >= 15 is 0 Å². The summed E-state index contributed by atoms with van der Waals surface area (Å²) in [6.07, 6.45) is 4.67. The molecule has 29 heavy (non-hydrogen) atoms. The van der Waals surface area contributed by atoms with E-state index in [1.807, 2.05) is 24.3 Å². The van der Waals surface area contributed by atoms with Gasteiger partial charge in [0.15, 0.2) is 0 Å². The highest BCUT2D eigenvalue weighted by atomic mass is 32.2. The van der Waals surface area contributed by atoms with E-state index < -0.39 is 16.1 Å². The van der Waals surface area contributed by atoms with E-state index in [9.17, 15) is 13.2 Å². The fourth-order valence-corrected chi connectivity index (χ4v) is 4.37. The summed E-state index contributed by atoms with van der Waals surface area (Å²) in [5.41, 5.74) is 2.25. The minimum atomic E-state index is -3.69. The lowest BCUT2D eigenvalue weighted by Gasteiger charge is -2.30. The van der Waals surface area contributed by atoms with Gasteiger partial charge in [-0.3, -0.25) is 9.10 Å². The molecule has 2 aromatic carbocycles. The van der Waals surface area contributed by atoms with Crippen LogP contribution < -0.4 is 14.4 Å². The Morgan fingerprint density at radius 1 is 1.14 bits per heavy atom. The maximum Gasteiger partial charge on any atom is 0.248 e. The number of anilines is 2. The number of sulfonamides is 1. The normalized spacial score (nSPS) is 12.3. The minimum absolute atomic E-state index is 0.324. The highest BCUT2D eigenvalue weighted by Gasteiger charge is 2.31. The van der Waals surface area contributed by atoms with Crippen molar-refractivity contribution in [2.24, 2.45) is 0 Å². The maximum atomic E-state index is 13.0. The lowest BCUT2D eigenvalue weighted by Crippen LogP contribution is -2.47. The summed E-state index contributed by atoms with van der Waals surface area (Å²) in [5.74, 6) is 0.149. The molecule has 1 N–H and O–H groups in total. The van der Waals surface area contributed by atoms with Gasteiger partial charge in [0.1, 0.15) is 11.8 Å². The number of hydrogen-bond acceptors (Lipinski definition) is 4. The Hall–Kier alpha value is -2.54. The lowest BCUT2D eigenvalue weighted by molar-refractivity contribution is -0.117. The van der Waals surface area contributed by atoms with E-state index in [0.717, 1.165) is 29.8 Å². The predicted molar refractivity (Wildman–Crippen MR) is 118 cm³/mol. The van der Waals surface area contributed by atoms with Crippen LogP contribution in [-0.4, -0.2) is 33.7 Å². The van der Waals surface area contributed by atoms with Gasteiger partial charge in [0, 0.05) is 11.8 Å². The van der Waals surface area contributed by atoms with E-state index in [4.69, 9.17) is 4.74 Å². The highest BCUT2D eigenvalue weighted by Crippen LogP contribution is 2.27. The summed E-state index contributed by atoms with van der Waals surface area (Å²) >= 11 is 0. The Labute approximate surface area is 173 Å². The Morgan fingerprint density at radius 2 is 1.83 bits per heavy atom. The maximum absolute atomic E-state index is 13.0. The molecule has 0 heterocycles. The molecule has 2 aromatic rings. The van der Waals surface area contributed by atoms with Crippen molar-refractivity contribution in [3.8, 4) is 5.75 Å². The SMILES string of the molecule is CCCCc1ccc(NC(=O)C(CC)N(c2cccc(OC)c2)S(C)(=O)=O)cc1. The van der Waals surface area contributed by atoms with Crippen molar-refractivity contribution in [2.45, 2.75) is 45.6 Å². The van der Waals surface area contributed by atoms with Gasteiger partial charge < -0.3 is 10.1 Å². The molecule has 2 rings (SSSR count). The number of methoxy groups -OCH3 is 1. The minimum Gasteiger partial charge on any atom is -0.497 e. The van der Waals surface area contributed by atoms with Gasteiger partial charge in [-0.25, -0.2) is 8.42 Å². The Balaban J connectivity index is 2.26. The summed E-state index contributed by atoms with van der Waals surface area (Å²) in [6, 6.07) is 13.5. The average molecular weight is 419 g/mol. The number of nitrogens with one attached hydrogen (secondary N) is 1. The monoisotopic (exact) mass is 418 g/mol. The number of benzene rings is 2. The van der Waals surface area contributed by atoms with Crippen LogP contribution in [0, 0.1) is 0 Å². The topological polar surface area (TPSA) is 75.7 Å². The molecule has 6 nitrogen and oxygen atoms in total. The molecule has 158 valence electrons. The Bertz CT molecular complexity index is 911. The molecule has 0 saturated carbocycles. The van der Waals surface area contributed by atoms with Crippen LogP contribution in [0.4, 0.5) is 11.4 Å². The number of hydrogen-bond donors (Lipinski definition) is 1. The zero-order valence-corrected chi connectivity index (χ0v) is 18.3. The van der Waals surface area contributed by atoms with Crippen molar-refractivity contribution in [1.82, 2.24) is 0 Å². The largest absolute Gasteiger partial charge is 0.497 e. The standard InChI is InChI=1S/C22H30N2O4S/c1-5-7-9-17-12-14-18(15-13-17)23-22(25)21(6-2)24(29(4,26)27)19-10-8-11-20(16-19)28-3/h8,10-16,21H,5-7,9H2,1-4H3,(H,23,25). The predicted octanol–water partition coefficient (Wildman–Crippen LogP) is 4.22. The van der Waals surface area contributed by atoms with Crippen LogP contribution >= 0.6 is 0 Å². The molecule has 0 aliphatic heterocycles. The van der Waals surface area contributed by atoms with Crippen LogP contribution in [0.1, 0.15) is 38.7 Å². The molecular weight excluding hydrogens is 388 g/mol. The highest BCUT2D eigenvalue weighted by molar-refractivity contribution is 7.92. The second kappa shape index (κ2) is 10.3. The molecule has 7 heteroatoms. The van der Waals surface area contributed by atoms with E-state index in [0.29, 0.717) is 23.5 Å². The molecular formula is C22H30N2O4S. The molecule has 0 bridgehead atoms. The number of nitrogens with zero attached hydrogens (tertiary/aromatic N) is 1. The number of carbonyl (C=O) groups is 1.